The van der Waals surface area contributed by atoms with Crippen molar-refractivity contribution in [3.63, 3.8) is 0 Å². The minimum Gasteiger partial charge on any atom is -0.352 e. The Morgan fingerprint density at radius 1 is 1.04 bits per heavy atom. The highest BCUT2D eigenvalue weighted by Crippen LogP contribution is 2.23. The first kappa shape index (κ1) is 17.3. The van der Waals surface area contributed by atoms with E-state index in [0.717, 1.165) is 49.2 Å². The number of hydrogen-bond donors (Lipinski definition) is 0. The normalized spacial score (nSPS) is 15.2. The van der Waals surface area contributed by atoms with E-state index in [1.165, 1.54) is 0 Å². The highest BCUT2D eigenvalue weighted by Gasteiger charge is 2.22. The number of aromatic nitrogens is 4. The zero-order valence-electron chi connectivity index (χ0n) is 15.9. The average molecular weight is 361 g/mol. The van der Waals surface area contributed by atoms with Crippen molar-refractivity contribution in [2.75, 3.05) is 36.0 Å². The van der Waals surface area contributed by atoms with Gasteiger partial charge < -0.3 is 9.80 Å². The first-order valence-electron chi connectivity index (χ1n) is 9.17. The standard InChI is InChI=1S/C20H23N7/c1-20(2,3)16-14-27-17(23-16)6-7-18(24-27)25-9-11-26(12-10-25)19-15(13-21)5-4-8-22-19/h4-8,14H,9-12H2,1-3H3. The van der Waals surface area contributed by atoms with Crippen molar-refractivity contribution in [2.24, 2.45) is 0 Å². The van der Waals surface area contributed by atoms with Gasteiger partial charge in [-0.15, -0.1) is 5.10 Å². The smallest absolute Gasteiger partial charge is 0.153 e. The summed E-state index contributed by atoms with van der Waals surface area (Å²) in [5.74, 6) is 1.72. The van der Waals surface area contributed by atoms with Crippen molar-refractivity contribution in [2.45, 2.75) is 26.2 Å². The van der Waals surface area contributed by atoms with Crippen LogP contribution >= 0.6 is 0 Å². The van der Waals surface area contributed by atoms with Gasteiger partial charge in [0.25, 0.3) is 0 Å². The fourth-order valence-electron chi connectivity index (χ4n) is 3.29. The lowest BCUT2D eigenvalue weighted by atomic mass is 9.93. The van der Waals surface area contributed by atoms with E-state index in [-0.39, 0.29) is 5.41 Å². The Morgan fingerprint density at radius 2 is 1.78 bits per heavy atom. The van der Waals surface area contributed by atoms with Crippen LogP contribution in [0.25, 0.3) is 5.65 Å². The topological polar surface area (TPSA) is 73.3 Å². The summed E-state index contributed by atoms with van der Waals surface area (Å²) < 4.78 is 1.87. The lowest BCUT2D eigenvalue weighted by Crippen LogP contribution is -2.47. The summed E-state index contributed by atoms with van der Waals surface area (Å²) >= 11 is 0. The van der Waals surface area contributed by atoms with Crippen LogP contribution in [0.15, 0.2) is 36.7 Å². The number of anilines is 2. The van der Waals surface area contributed by atoms with Crippen LogP contribution in [0, 0.1) is 11.3 Å². The minimum atomic E-state index is 0.000617. The van der Waals surface area contributed by atoms with Crippen molar-refractivity contribution < 1.29 is 0 Å². The number of fused-ring (bicyclic) bond motifs is 1. The maximum Gasteiger partial charge on any atom is 0.153 e. The molecule has 0 N–H and O–H groups in total. The molecule has 4 rings (SSSR count). The first-order chi connectivity index (χ1) is 13.0. The molecule has 0 aliphatic carbocycles. The van der Waals surface area contributed by atoms with Gasteiger partial charge in [-0.05, 0) is 24.3 Å². The van der Waals surface area contributed by atoms with E-state index in [1.54, 1.807) is 12.3 Å². The van der Waals surface area contributed by atoms with Crippen molar-refractivity contribution >= 4 is 17.3 Å². The Bertz CT molecular complexity index is 1000. The number of piperazine rings is 1. The number of rotatable bonds is 2. The molecule has 27 heavy (non-hydrogen) atoms. The third-order valence-electron chi connectivity index (χ3n) is 4.88. The minimum absolute atomic E-state index is 0.000617. The summed E-state index contributed by atoms with van der Waals surface area (Å²) in [6.45, 7) is 9.75. The number of pyridine rings is 1. The van der Waals surface area contributed by atoms with E-state index >= 15 is 0 Å². The monoisotopic (exact) mass is 361 g/mol. The van der Waals surface area contributed by atoms with Gasteiger partial charge in [-0.25, -0.2) is 14.5 Å². The molecule has 0 spiro atoms. The second kappa shape index (κ2) is 6.54. The quantitative estimate of drug-likeness (QED) is 0.699. The lowest BCUT2D eigenvalue weighted by molar-refractivity contribution is 0.572. The molecule has 138 valence electrons. The highest BCUT2D eigenvalue weighted by atomic mass is 15.4. The van der Waals surface area contributed by atoms with Gasteiger partial charge in [0.2, 0.25) is 0 Å². The number of hydrogen-bond acceptors (Lipinski definition) is 6. The maximum absolute atomic E-state index is 9.29. The number of nitriles is 1. The molecule has 0 bridgehead atoms. The van der Waals surface area contributed by atoms with Crippen LogP contribution in [0.4, 0.5) is 11.6 Å². The van der Waals surface area contributed by atoms with Gasteiger partial charge in [-0.3, -0.25) is 0 Å². The fraction of sp³-hybridized carbons (Fsp3) is 0.400. The molecule has 1 aliphatic heterocycles. The van der Waals surface area contributed by atoms with E-state index in [1.807, 2.05) is 28.9 Å². The molecule has 0 saturated carbocycles. The van der Waals surface area contributed by atoms with Crippen molar-refractivity contribution in [3.8, 4) is 6.07 Å². The zero-order chi connectivity index (χ0) is 19.0. The summed E-state index contributed by atoms with van der Waals surface area (Å²) in [5.41, 5.74) is 2.53. The van der Waals surface area contributed by atoms with Gasteiger partial charge in [0, 0.05) is 37.8 Å². The Labute approximate surface area is 158 Å². The highest BCUT2D eigenvalue weighted by molar-refractivity contribution is 5.55. The summed E-state index contributed by atoms with van der Waals surface area (Å²) in [7, 11) is 0. The number of imidazole rings is 1. The average Bonchev–Trinajstić information content (AvgIpc) is 3.12. The molecular weight excluding hydrogens is 338 g/mol. The SMILES string of the molecule is CC(C)(C)c1cn2nc(N3CCN(c4ncccc4C#N)CC3)ccc2n1. The van der Waals surface area contributed by atoms with E-state index in [0.29, 0.717) is 5.56 Å². The largest absolute Gasteiger partial charge is 0.352 e. The second-order valence-electron chi connectivity index (χ2n) is 7.83. The van der Waals surface area contributed by atoms with Crippen LogP contribution in [0.1, 0.15) is 32.0 Å². The third-order valence-corrected chi connectivity index (χ3v) is 4.88. The predicted octanol–water partition coefficient (Wildman–Crippen LogP) is 2.62. The van der Waals surface area contributed by atoms with E-state index in [4.69, 9.17) is 5.10 Å². The van der Waals surface area contributed by atoms with Crippen LogP contribution in [-0.2, 0) is 5.41 Å². The van der Waals surface area contributed by atoms with Crippen LogP contribution in [-0.4, -0.2) is 45.8 Å². The van der Waals surface area contributed by atoms with Gasteiger partial charge in [0.15, 0.2) is 5.65 Å². The molecule has 0 amide bonds. The van der Waals surface area contributed by atoms with E-state index < -0.39 is 0 Å². The molecule has 0 atom stereocenters. The summed E-state index contributed by atoms with van der Waals surface area (Å²) in [5, 5.41) is 14.1. The van der Waals surface area contributed by atoms with Crippen LogP contribution in [0.5, 0.6) is 0 Å². The Kier molecular flexibility index (Phi) is 4.19. The van der Waals surface area contributed by atoms with Gasteiger partial charge in [0.1, 0.15) is 17.7 Å². The van der Waals surface area contributed by atoms with Crippen molar-refractivity contribution in [3.05, 3.63) is 47.9 Å². The van der Waals surface area contributed by atoms with Crippen molar-refractivity contribution in [1.29, 1.82) is 5.26 Å². The van der Waals surface area contributed by atoms with Gasteiger partial charge in [-0.2, -0.15) is 5.26 Å². The lowest BCUT2D eigenvalue weighted by Gasteiger charge is -2.36. The molecule has 7 heteroatoms. The Morgan fingerprint density at radius 3 is 2.48 bits per heavy atom. The molecular formula is C20H23N7. The fourth-order valence-corrected chi connectivity index (χ4v) is 3.29. The van der Waals surface area contributed by atoms with Crippen molar-refractivity contribution in [1.82, 2.24) is 19.6 Å². The molecule has 3 aromatic heterocycles. The second-order valence-corrected chi connectivity index (χ2v) is 7.83. The van der Waals surface area contributed by atoms with E-state index in [9.17, 15) is 5.26 Å². The molecule has 0 unspecified atom stereocenters. The van der Waals surface area contributed by atoms with Crippen LogP contribution < -0.4 is 9.80 Å². The zero-order valence-corrected chi connectivity index (χ0v) is 15.9. The Hall–Kier alpha value is -3.14. The van der Waals surface area contributed by atoms with Gasteiger partial charge >= 0.3 is 0 Å². The Balaban J connectivity index is 1.52. The van der Waals surface area contributed by atoms with E-state index in [2.05, 4.69) is 46.6 Å². The molecule has 1 aliphatic rings. The molecule has 0 aromatic carbocycles. The maximum atomic E-state index is 9.29. The molecule has 3 aromatic rings. The summed E-state index contributed by atoms with van der Waals surface area (Å²) in [4.78, 5) is 13.5. The molecule has 4 heterocycles. The molecule has 7 nitrogen and oxygen atoms in total. The number of nitrogens with zero attached hydrogens (tertiary/aromatic N) is 7. The van der Waals surface area contributed by atoms with Gasteiger partial charge in [-0.1, -0.05) is 20.8 Å². The summed E-state index contributed by atoms with van der Waals surface area (Å²) in [6, 6.07) is 9.90. The molecule has 1 saturated heterocycles. The third kappa shape index (κ3) is 3.31. The first-order valence-corrected chi connectivity index (χ1v) is 9.17. The summed E-state index contributed by atoms with van der Waals surface area (Å²) in [6.07, 6.45) is 3.76. The van der Waals surface area contributed by atoms with Crippen LogP contribution in [0.3, 0.4) is 0 Å². The van der Waals surface area contributed by atoms with Gasteiger partial charge in [0.05, 0.1) is 17.5 Å². The van der Waals surface area contributed by atoms with Crippen LogP contribution in [0.2, 0.25) is 0 Å². The molecule has 0 radical (unpaired) electrons. The molecule has 1 fully saturated rings. The predicted molar refractivity (Wildman–Crippen MR) is 105 cm³/mol.